The second kappa shape index (κ2) is 7.03. The van der Waals surface area contributed by atoms with E-state index in [1.165, 1.54) is 0 Å². The number of hydrogen-bond donors (Lipinski definition) is 4. The standard InChI is InChI=1S/C7H17NO2S2/c1-8(2-6(10)5-11)3-7(12)4-9/h6-7,9-12H,2-5H2,1H3. The Balaban J connectivity index is 3.51. The van der Waals surface area contributed by atoms with E-state index in [4.69, 9.17) is 5.11 Å². The predicted molar refractivity (Wildman–Crippen MR) is 57.2 cm³/mol. The molecule has 0 rings (SSSR count). The minimum atomic E-state index is -0.405. The quantitative estimate of drug-likeness (QED) is 0.448. The van der Waals surface area contributed by atoms with E-state index in [2.05, 4.69) is 25.3 Å². The molecule has 0 amide bonds. The molecule has 0 heterocycles. The van der Waals surface area contributed by atoms with E-state index in [1.54, 1.807) is 0 Å². The molecule has 0 saturated heterocycles. The van der Waals surface area contributed by atoms with Crippen molar-refractivity contribution in [2.75, 3.05) is 32.5 Å². The third-order valence-corrected chi connectivity index (χ3v) is 2.21. The molecule has 2 atom stereocenters. The van der Waals surface area contributed by atoms with Gasteiger partial charge in [-0.25, -0.2) is 0 Å². The van der Waals surface area contributed by atoms with E-state index in [0.29, 0.717) is 18.8 Å². The Morgan fingerprint density at radius 2 is 2.00 bits per heavy atom. The lowest BCUT2D eigenvalue weighted by atomic mass is 10.3. The topological polar surface area (TPSA) is 43.7 Å². The second-order valence-corrected chi connectivity index (χ2v) is 3.99. The number of thiol groups is 2. The van der Waals surface area contributed by atoms with Crippen LogP contribution in [0.1, 0.15) is 0 Å². The van der Waals surface area contributed by atoms with E-state index in [1.807, 2.05) is 11.9 Å². The lowest BCUT2D eigenvalue weighted by molar-refractivity contribution is 0.141. The summed E-state index contributed by atoms with van der Waals surface area (Å²) in [4.78, 5) is 1.93. The molecule has 0 aliphatic carbocycles. The van der Waals surface area contributed by atoms with Crippen LogP contribution in [0.5, 0.6) is 0 Å². The van der Waals surface area contributed by atoms with Gasteiger partial charge in [0.05, 0.1) is 12.7 Å². The Morgan fingerprint density at radius 1 is 1.42 bits per heavy atom. The monoisotopic (exact) mass is 211 g/mol. The molecule has 0 aromatic rings. The van der Waals surface area contributed by atoms with Crippen LogP contribution in [-0.4, -0.2) is 59.0 Å². The zero-order valence-corrected chi connectivity index (χ0v) is 9.01. The summed E-state index contributed by atoms with van der Waals surface area (Å²) < 4.78 is 0. The molecule has 0 bridgehead atoms. The maximum atomic E-state index is 9.21. The van der Waals surface area contributed by atoms with Crippen LogP contribution in [0.2, 0.25) is 0 Å². The van der Waals surface area contributed by atoms with Crippen molar-refractivity contribution in [3.8, 4) is 0 Å². The minimum absolute atomic E-state index is 0.0397. The van der Waals surface area contributed by atoms with Crippen molar-refractivity contribution in [2.45, 2.75) is 11.4 Å². The Bertz CT molecular complexity index is 104. The van der Waals surface area contributed by atoms with Gasteiger partial charge in [-0.15, -0.1) is 0 Å². The molecule has 0 aliphatic rings. The lowest BCUT2D eigenvalue weighted by Gasteiger charge is -2.21. The first kappa shape index (κ1) is 12.6. The third-order valence-electron chi connectivity index (χ3n) is 1.47. The summed E-state index contributed by atoms with van der Waals surface area (Å²) in [5.41, 5.74) is 0. The second-order valence-electron chi connectivity index (χ2n) is 2.89. The van der Waals surface area contributed by atoms with Crippen LogP contribution in [0.15, 0.2) is 0 Å². The van der Waals surface area contributed by atoms with Gasteiger partial charge in [-0.05, 0) is 7.05 Å². The van der Waals surface area contributed by atoms with E-state index < -0.39 is 6.10 Å². The van der Waals surface area contributed by atoms with Gasteiger partial charge in [0.2, 0.25) is 0 Å². The van der Waals surface area contributed by atoms with Crippen LogP contribution in [0.4, 0.5) is 0 Å². The van der Waals surface area contributed by atoms with E-state index in [0.717, 1.165) is 0 Å². The molecule has 3 nitrogen and oxygen atoms in total. The van der Waals surface area contributed by atoms with Crippen LogP contribution >= 0.6 is 25.3 Å². The molecule has 2 N–H and O–H groups in total. The summed E-state index contributed by atoms with van der Waals surface area (Å²) >= 11 is 8.09. The number of rotatable bonds is 6. The van der Waals surface area contributed by atoms with Crippen molar-refractivity contribution < 1.29 is 10.2 Å². The molecule has 0 radical (unpaired) electrons. The molecule has 0 spiro atoms. The average Bonchev–Trinajstić information content (AvgIpc) is 2.03. The zero-order valence-electron chi connectivity index (χ0n) is 7.22. The van der Waals surface area contributed by atoms with Gasteiger partial charge in [0.25, 0.3) is 0 Å². The summed E-state index contributed by atoms with van der Waals surface area (Å²) in [5.74, 6) is 0.459. The van der Waals surface area contributed by atoms with Gasteiger partial charge in [0, 0.05) is 24.1 Å². The van der Waals surface area contributed by atoms with Crippen molar-refractivity contribution >= 4 is 25.3 Å². The highest BCUT2D eigenvalue weighted by molar-refractivity contribution is 7.81. The van der Waals surface area contributed by atoms with Gasteiger partial charge in [-0.3, -0.25) is 0 Å². The summed E-state index contributed by atoms with van der Waals surface area (Å²) in [7, 11) is 1.88. The van der Waals surface area contributed by atoms with Gasteiger partial charge in [0.15, 0.2) is 0 Å². The number of aliphatic hydroxyl groups excluding tert-OH is 2. The third kappa shape index (κ3) is 6.14. The number of likely N-dealkylation sites (N-methyl/N-ethyl adjacent to an activating group) is 1. The zero-order chi connectivity index (χ0) is 9.56. The maximum Gasteiger partial charge on any atom is 0.0754 e. The molecular weight excluding hydrogens is 194 g/mol. The smallest absolute Gasteiger partial charge is 0.0754 e. The molecule has 74 valence electrons. The largest absolute Gasteiger partial charge is 0.395 e. The fourth-order valence-corrected chi connectivity index (χ4v) is 1.30. The van der Waals surface area contributed by atoms with E-state index >= 15 is 0 Å². The van der Waals surface area contributed by atoms with Crippen molar-refractivity contribution in [3.05, 3.63) is 0 Å². The van der Waals surface area contributed by atoms with Crippen LogP contribution in [-0.2, 0) is 0 Å². The fraction of sp³-hybridized carbons (Fsp3) is 1.00. The number of aliphatic hydroxyl groups is 2. The summed E-state index contributed by atoms with van der Waals surface area (Å²) in [6, 6.07) is 0. The molecule has 2 unspecified atom stereocenters. The maximum absolute atomic E-state index is 9.21. The molecule has 0 aromatic carbocycles. The van der Waals surface area contributed by atoms with Gasteiger partial charge in [-0.1, -0.05) is 0 Å². The summed E-state index contributed by atoms with van der Waals surface area (Å²) in [6.07, 6.45) is -0.405. The molecule has 0 aromatic heterocycles. The van der Waals surface area contributed by atoms with Gasteiger partial charge >= 0.3 is 0 Å². The van der Waals surface area contributed by atoms with E-state index in [9.17, 15) is 5.11 Å². The van der Waals surface area contributed by atoms with Gasteiger partial charge < -0.3 is 15.1 Å². The molecule has 0 fully saturated rings. The van der Waals surface area contributed by atoms with Gasteiger partial charge in [-0.2, -0.15) is 25.3 Å². The first-order valence-corrected chi connectivity index (χ1v) is 5.01. The first-order valence-electron chi connectivity index (χ1n) is 3.86. The highest BCUT2D eigenvalue weighted by Gasteiger charge is 2.09. The van der Waals surface area contributed by atoms with Crippen LogP contribution in [0.25, 0.3) is 0 Å². The molecule has 0 aliphatic heterocycles. The predicted octanol–water partition coefficient (Wildman–Crippen LogP) is -0.500. The van der Waals surface area contributed by atoms with Crippen molar-refractivity contribution in [1.29, 1.82) is 0 Å². The highest BCUT2D eigenvalue weighted by atomic mass is 32.1. The number of nitrogens with zero attached hydrogens (tertiary/aromatic N) is 1. The SMILES string of the molecule is CN(CC(O)CS)CC(S)CO. The van der Waals surface area contributed by atoms with Gasteiger partial charge in [0.1, 0.15) is 0 Å². The molecule has 5 heteroatoms. The summed E-state index contributed by atoms with van der Waals surface area (Å²) in [5, 5.41) is 17.9. The number of hydrogen-bond acceptors (Lipinski definition) is 5. The highest BCUT2D eigenvalue weighted by Crippen LogP contribution is 1.98. The van der Waals surface area contributed by atoms with Crippen LogP contribution in [0, 0.1) is 0 Å². The Kier molecular flexibility index (Phi) is 7.37. The van der Waals surface area contributed by atoms with Crippen molar-refractivity contribution in [3.63, 3.8) is 0 Å². The van der Waals surface area contributed by atoms with Crippen molar-refractivity contribution in [1.82, 2.24) is 4.90 Å². The minimum Gasteiger partial charge on any atom is -0.395 e. The van der Waals surface area contributed by atoms with E-state index in [-0.39, 0.29) is 11.9 Å². The molecular formula is C7H17NO2S2. The van der Waals surface area contributed by atoms with Crippen LogP contribution in [0.3, 0.4) is 0 Å². The first-order chi connectivity index (χ1) is 5.60. The van der Waals surface area contributed by atoms with Crippen molar-refractivity contribution in [2.24, 2.45) is 0 Å². The van der Waals surface area contributed by atoms with Crippen LogP contribution < -0.4 is 0 Å². The lowest BCUT2D eigenvalue weighted by Crippen LogP contribution is -2.35. The Morgan fingerprint density at radius 3 is 2.42 bits per heavy atom. The Labute approximate surface area is 84.6 Å². The normalized spacial score (nSPS) is 16.5. The molecule has 12 heavy (non-hydrogen) atoms. The average molecular weight is 211 g/mol. The summed E-state index contributed by atoms with van der Waals surface area (Å²) in [6.45, 7) is 1.30. The Hall–Kier alpha value is 0.580. The molecule has 0 saturated carbocycles. The fourth-order valence-electron chi connectivity index (χ4n) is 0.910.